The molecule has 0 saturated carbocycles. The summed E-state index contributed by atoms with van der Waals surface area (Å²) in [6.45, 7) is 0. The van der Waals surface area contributed by atoms with Gasteiger partial charge < -0.3 is 9.84 Å². The Morgan fingerprint density at radius 2 is 1.55 bits per heavy atom. The van der Waals surface area contributed by atoms with Gasteiger partial charge in [0, 0.05) is 5.57 Å². The van der Waals surface area contributed by atoms with Crippen LogP contribution in [-0.2, 0) is 14.3 Å². The van der Waals surface area contributed by atoms with Gasteiger partial charge in [0.2, 0.25) is 5.76 Å². The van der Waals surface area contributed by atoms with E-state index in [2.05, 4.69) is 0 Å². The fraction of sp³-hybridized carbons (Fsp3) is 0. The SMILES string of the molecule is O=C(O)C1=C(c2ccccc2)/C(=C/c2ccccc2)C(=O)O1. The van der Waals surface area contributed by atoms with Gasteiger partial charge in [0.25, 0.3) is 0 Å². The number of carboxylic acids is 1. The minimum atomic E-state index is -1.26. The van der Waals surface area contributed by atoms with Gasteiger partial charge in [-0.05, 0) is 17.2 Å². The summed E-state index contributed by atoms with van der Waals surface area (Å²) >= 11 is 0. The Labute approximate surface area is 127 Å². The summed E-state index contributed by atoms with van der Waals surface area (Å²) in [5, 5.41) is 9.28. The average Bonchev–Trinajstić information content (AvgIpc) is 2.86. The largest absolute Gasteiger partial charge is 0.475 e. The zero-order valence-corrected chi connectivity index (χ0v) is 11.5. The fourth-order valence-corrected chi connectivity index (χ4v) is 2.31. The molecule has 1 aliphatic heterocycles. The molecule has 0 amide bonds. The second-order valence-corrected chi connectivity index (χ2v) is 4.73. The Bertz CT molecular complexity index is 786. The molecule has 108 valence electrons. The molecule has 3 rings (SSSR count). The van der Waals surface area contributed by atoms with E-state index in [0.29, 0.717) is 11.1 Å². The van der Waals surface area contributed by atoms with E-state index in [1.165, 1.54) is 0 Å². The average molecular weight is 292 g/mol. The van der Waals surface area contributed by atoms with E-state index < -0.39 is 11.9 Å². The van der Waals surface area contributed by atoms with Crippen LogP contribution in [0.3, 0.4) is 0 Å². The summed E-state index contributed by atoms with van der Waals surface area (Å²) in [5.74, 6) is -2.25. The lowest BCUT2D eigenvalue weighted by molar-refractivity contribution is -0.143. The monoisotopic (exact) mass is 292 g/mol. The van der Waals surface area contributed by atoms with Crippen LogP contribution in [0.4, 0.5) is 0 Å². The van der Waals surface area contributed by atoms with Crippen molar-refractivity contribution in [2.75, 3.05) is 0 Å². The molecule has 4 heteroatoms. The van der Waals surface area contributed by atoms with E-state index >= 15 is 0 Å². The molecule has 0 aromatic heterocycles. The predicted octanol–water partition coefficient (Wildman–Crippen LogP) is 3.12. The highest BCUT2D eigenvalue weighted by Gasteiger charge is 2.34. The van der Waals surface area contributed by atoms with Gasteiger partial charge >= 0.3 is 11.9 Å². The van der Waals surface area contributed by atoms with Crippen molar-refractivity contribution in [3.05, 3.63) is 83.1 Å². The quantitative estimate of drug-likeness (QED) is 0.697. The number of hydrogen-bond donors (Lipinski definition) is 1. The minimum absolute atomic E-state index is 0.245. The lowest BCUT2D eigenvalue weighted by Gasteiger charge is -2.03. The lowest BCUT2D eigenvalue weighted by atomic mass is 9.96. The maximum Gasteiger partial charge on any atom is 0.372 e. The summed E-state index contributed by atoms with van der Waals surface area (Å²) in [6, 6.07) is 18.1. The van der Waals surface area contributed by atoms with E-state index in [0.717, 1.165) is 5.56 Å². The van der Waals surface area contributed by atoms with Crippen LogP contribution in [0.25, 0.3) is 11.6 Å². The van der Waals surface area contributed by atoms with Gasteiger partial charge in [0.05, 0.1) is 5.57 Å². The fourth-order valence-electron chi connectivity index (χ4n) is 2.31. The number of hydrogen-bond acceptors (Lipinski definition) is 3. The van der Waals surface area contributed by atoms with Crippen LogP contribution >= 0.6 is 0 Å². The molecule has 0 spiro atoms. The second kappa shape index (κ2) is 5.69. The van der Waals surface area contributed by atoms with Crippen LogP contribution in [0, 0.1) is 0 Å². The molecule has 0 aliphatic carbocycles. The Morgan fingerprint density at radius 1 is 0.955 bits per heavy atom. The lowest BCUT2D eigenvalue weighted by Crippen LogP contribution is -2.04. The van der Waals surface area contributed by atoms with Crippen LogP contribution in [0.15, 0.2) is 72.0 Å². The maximum atomic E-state index is 12.1. The standard InChI is InChI=1S/C18H12O4/c19-17(20)16-15(13-9-5-2-6-10-13)14(18(21)22-16)11-12-7-3-1-4-8-12/h1-11H,(H,19,20)/b14-11-. The van der Waals surface area contributed by atoms with Gasteiger partial charge in [0.1, 0.15) is 0 Å². The molecule has 1 N–H and O–H groups in total. The van der Waals surface area contributed by atoms with Crippen LogP contribution in [-0.4, -0.2) is 17.0 Å². The van der Waals surface area contributed by atoms with Gasteiger partial charge in [-0.25, -0.2) is 9.59 Å². The molecule has 1 heterocycles. The molecule has 22 heavy (non-hydrogen) atoms. The molecule has 4 nitrogen and oxygen atoms in total. The Morgan fingerprint density at radius 3 is 2.14 bits per heavy atom. The molecular formula is C18H12O4. The smallest absolute Gasteiger partial charge is 0.372 e. The highest BCUT2D eigenvalue weighted by Crippen LogP contribution is 2.35. The molecule has 1 aliphatic rings. The third kappa shape index (κ3) is 2.54. The van der Waals surface area contributed by atoms with Gasteiger partial charge in [-0.3, -0.25) is 0 Å². The minimum Gasteiger partial charge on any atom is -0.475 e. The number of carboxylic acid groups (broad SMARTS) is 1. The molecule has 0 unspecified atom stereocenters. The number of carbonyl (C=O) groups is 2. The molecule has 0 saturated heterocycles. The summed E-state index contributed by atoms with van der Waals surface area (Å²) in [7, 11) is 0. The first-order valence-corrected chi connectivity index (χ1v) is 6.69. The topological polar surface area (TPSA) is 63.6 Å². The Balaban J connectivity index is 2.18. The molecule has 0 atom stereocenters. The number of carbonyl (C=O) groups excluding carboxylic acids is 1. The van der Waals surface area contributed by atoms with Gasteiger partial charge in [-0.15, -0.1) is 0 Å². The van der Waals surface area contributed by atoms with Crippen LogP contribution in [0.1, 0.15) is 11.1 Å². The van der Waals surface area contributed by atoms with Crippen molar-refractivity contribution in [1.82, 2.24) is 0 Å². The maximum absolute atomic E-state index is 12.1. The van der Waals surface area contributed by atoms with E-state index in [1.807, 2.05) is 36.4 Å². The van der Waals surface area contributed by atoms with E-state index in [4.69, 9.17) is 4.74 Å². The van der Waals surface area contributed by atoms with E-state index in [9.17, 15) is 14.7 Å². The number of esters is 1. The summed E-state index contributed by atoms with van der Waals surface area (Å²) in [4.78, 5) is 23.4. The molecule has 0 bridgehead atoms. The first-order valence-electron chi connectivity index (χ1n) is 6.69. The Hall–Kier alpha value is -3.14. The van der Waals surface area contributed by atoms with Crippen molar-refractivity contribution in [2.24, 2.45) is 0 Å². The van der Waals surface area contributed by atoms with Crippen molar-refractivity contribution < 1.29 is 19.4 Å². The molecule has 0 radical (unpaired) electrons. The number of ether oxygens (including phenoxy) is 1. The summed E-state index contributed by atoms with van der Waals surface area (Å²) in [5.41, 5.74) is 1.99. The first kappa shape index (κ1) is 13.8. The number of rotatable bonds is 3. The molecule has 2 aromatic rings. The van der Waals surface area contributed by atoms with E-state index in [1.54, 1.807) is 30.3 Å². The number of cyclic esters (lactones) is 1. The van der Waals surface area contributed by atoms with Crippen LogP contribution in [0.2, 0.25) is 0 Å². The molecule has 2 aromatic carbocycles. The highest BCUT2D eigenvalue weighted by molar-refractivity contribution is 6.20. The van der Waals surface area contributed by atoms with Crippen molar-refractivity contribution >= 4 is 23.6 Å². The van der Waals surface area contributed by atoms with Gasteiger partial charge in [-0.2, -0.15) is 0 Å². The Kier molecular flexibility index (Phi) is 3.58. The van der Waals surface area contributed by atoms with Gasteiger partial charge in [-0.1, -0.05) is 60.7 Å². The highest BCUT2D eigenvalue weighted by atomic mass is 16.6. The number of benzene rings is 2. The normalized spacial score (nSPS) is 16.0. The van der Waals surface area contributed by atoms with Crippen LogP contribution in [0.5, 0.6) is 0 Å². The van der Waals surface area contributed by atoms with Crippen LogP contribution < -0.4 is 0 Å². The van der Waals surface area contributed by atoms with Crippen molar-refractivity contribution in [3.63, 3.8) is 0 Å². The zero-order valence-electron chi connectivity index (χ0n) is 11.5. The zero-order chi connectivity index (χ0) is 15.5. The van der Waals surface area contributed by atoms with Crippen molar-refractivity contribution in [3.8, 4) is 0 Å². The molecular weight excluding hydrogens is 280 g/mol. The first-order chi connectivity index (χ1) is 10.7. The van der Waals surface area contributed by atoms with Gasteiger partial charge in [0.15, 0.2) is 0 Å². The summed E-state index contributed by atoms with van der Waals surface area (Å²) < 4.78 is 4.95. The molecule has 0 fully saturated rings. The van der Waals surface area contributed by atoms with E-state index in [-0.39, 0.29) is 11.3 Å². The third-order valence-corrected chi connectivity index (χ3v) is 3.28. The van der Waals surface area contributed by atoms with Crippen molar-refractivity contribution in [2.45, 2.75) is 0 Å². The van der Waals surface area contributed by atoms with Crippen molar-refractivity contribution in [1.29, 1.82) is 0 Å². The third-order valence-electron chi connectivity index (χ3n) is 3.28. The predicted molar refractivity (Wildman–Crippen MR) is 81.5 cm³/mol. The number of aliphatic carboxylic acids is 1. The summed E-state index contributed by atoms with van der Waals surface area (Å²) in [6.07, 6.45) is 1.64. The second-order valence-electron chi connectivity index (χ2n) is 4.73.